The van der Waals surface area contributed by atoms with E-state index in [0.29, 0.717) is 22.5 Å². The highest BCUT2D eigenvalue weighted by Crippen LogP contribution is 2.22. The Balaban J connectivity index is 2.33. The molecule has 94 valence electrons. The summed E-state index contributed by atoms with van der Waals surface area (Å²) in [6, 6.07) is 3.84. The van der Waals surface area contributed by atoms with E-state index in [2.05, 4.69) is 4.98 Å². The van der Waals surface area contributed by atoms with Gasteiger partial charge in [-0.25, -0.2) is 4.39 Å². The van der Waals surface area contributed by atoms with Crippen molar-refractivity contribution in [3.63, 3.8) is 0 Å². The molecule has 0 atom stereocenters. The van der Waals surface area contributed by atoms with Gasteiger partial charge in [0.1, 0.15) is 5.82 Å². The number of allylic oxidation sites excluding steroid dienone is 1. The summed E-state index contributed by atoms with van der Waals surface area (Å²) in [6.45, 7) is 0. The summed E-state index contributed by atoms with van der Waals surface area (Å²) in [4.78, 5) is 13.4. The molecule has 2 aromatic rings. The fraction of sp³-hybridized carbons (Fsp3) is 0.0833. The summed E-state index contributed by atoms with van der Waals surface area (Å²) in [5.74, 6) is -2.38. The lowest BCUT2D eigenvalue weighted by Crippen LogP contribution is -2.19. The minimum Gasteiger partial charge on any atom is -0.360 e. The maximum Gasteiger partial charge on any atom is 0.454 e. The van der Waals surface area contributed by atoms with Gasteiger partial charge in [-0.15, -0.1) is 0 Å². The molecule has 0 fully saturated rings. The number of hydrogen-bond acceptors (Lipinski definition) is 1. The zero-order valence-electron chi connectivity index (χ0n) is 8.88. The van der Waals surface area contributed by atoms with Crippen molar-refractivity contribution >= 4 is 22.8 Å². The number of carbonyl (C=O) groups is 1. The van der Waals surface area contributed by atoms with Crippen molar-refractivity contribution in [1.29, 1.82) is 0 Å². The summed E-state index contributed by atoms with van der Waals surface area (Å²) >= 11 is 0. The Morgan fingerprint density at radius 1 is 1.28 bits per heavy atom. The summed E-state index contributed by atoms with van der Waals surface area (Å²) in [6.07, 6.45) is -1.97. The van der Waals surface area contributed by atoms with Crippen LogP contribution in [0.4, 0.5) is 17.6 Å². The van der Waals surface area contributed by atoms with Crippen LogP contribution in [-0.4, -0.2) is 16.9 Å². The first kappa shape index (κ1) is 12.3. The van der Waals surface area contributed by atoms with Gasteiger partial charge in [0.15, 0.2) is 0 Å². The first-order valence-electron chi connectivity index (χ1n) is 4.94. The highest BCUT2D eigenvalue weighted by molar-refractivity contribution is 6.00. The Morgan fingerprint density at radius 3 is 2.67 bits per heavy atom. The number of carbonyl (C=O) groups excluding carboxylic acids is 1. The Labute approximate surface area is 98.9 Å². The third-order valence-electron chi connectivity index (χ3n) is 2.37. The second-order valence-electron chi connectivity index (χ2n) is 3.63. The van der Waals surface area contributed by atoms with Gasteiger partial charge in [0, 0.05) is 17.1 Å². The van der Waals surface area contributed by atoms with E-state index in [-0.39, 0.29) is 0 Å². The summed E-state index contributed by atoms with van der Waals surface area (Å²) < 4.78 is 48.8. The van der Waals surface area contributed by atoms with Crippen molar-refractivity contribution in [2.45, 2.75) is 6.18 Å². The molecule has 0 aliphatic carbocycles. The van der Waals surface area contributed by atoms with Crippen molar-refractivity contribution in [3.05, 3.63) is 41.9 Å². The summed E-state index contributed by atoms with van der Waals surface area (Å²) in [7, 11) is 0. The lowest BCUT2D eigenvalue weighted by molar-refractivity contribution is -0.165. The van der Waals surface area contributed by atoms with Gasteiger partial charge in [-0.2, -0.15) is 13.2 Å². The molecule has 1 heterocycles. The van der Waals surface area contributed by atoms with E-state index < -0.39 is 17.8 Å². The smallest absolute Gasteiger partial charge is 0.360 e. The van der Waals surface area contributed by atoms with Crippen LogP contribution in [0.1, 0.15) is 5.56 Å². The molecular weight excluding hydrogens is 250 g/mol. The summed E-state index contributed by atoms with van der Waals surface area (Å²) in [5.41, 5.74) is 0.844. The number of rotatable bonds is 2. The zero-order chi connectivity index (χ0) is 13.3. The van der Waals surface area contributed by atoms with Gasteiger partial charge in [-0.3, -0.25) is 4.79 Å². The third-order valence-corrected chi connectivity index (χ3v) is 2.37. The van der Waals surface area contributed by atoms with E-state index in [1.165, 1.54) is 24.4 Å². The van der Waals surface area contributed by atoms with E-state index in [0.717, 1.165) is 6.08 Å². The fourth-order valence-corrected chi connectivity index (χ4v) is 1.52. The number of hydrogen-bond donors (Lipinski definition) is 1. The number of alkyl halides is 3. The maximum absolute atomic E-state index is 12.9. The molecule has 0 amide bonds. The monoisotopic (exact) mass is 257 g/mol. The van der Waals surface area contributed by atoms with Crippen molar-refractivity contribution in [2.75, 3.05) is 0 Å². The van der Waals surface area contributed by atoms with Crippen molar-refractivity contribution in [3.8, 4) is 0 Å². The van der Waals surface area contributed by atoms with Gasteiger partial charge in [0.25, 0.3) is 5.78 Å². The minimum absolute atomic E-state index is 0.391. The molecule has 1 aromatic carbocycles. The van der Waals surface area contributed by atoms with Gasteiger partial charge in [-0.05, 0) is 35.9 Å². The molecule has 1 aromatic heterocycles. The van der Waals surface area contributed by atoms with E-state index in [4.69, 9.17) is 0 Å². The molecule has 0 radical (unpaired) electrons. The SMILES string of the molecule is O=C(/C=C/c1c[nH]c2cc(F)ccc12)C(F)(F)F. The molecule has 0 saturated carbocycles. The molecular formula is C12H7F4NO. The second-order valence-corrected chi connectivity index (χ2v) is 3.63. The molecule has 18 heavy (non-hydrogen) atoms. The van der Waals surface area contributed by atoms with Crippen LogP contribution in [0.15, 0.2) is 30.5 Å². The van der Waals surface area contributed by atoms with Crippen LogP contribution < -0.4 is 0 Å². The lowest BCUT2D eigenvalue weighted by Gasteiger charge is -1.98. The predicted octanol–water partition coefficient (Wildman–Crippen LogP) is 3.45. The number of halogens is 4. The van der Waals surface area contributed by atoms with Crippen molar-refractivity contribution in [2.24, 2.45) is 0 Å². The van der Waals surface area contributed by atoms with E-state index >= 15 is 0 Å². The summed E-state index contributed by atoms with van der Waals surface area (Å²) in [5, 5.41) is 0.544. The maximum atomic E-state index is 12.9. The Kier molecular flexibility index (Phi) is 2.94. The van der Waals surface area contributed by atoms with Crippen molar-refractivity contribution < 1.29 is 22.4 Å². The van der Waals surface area contributed by atoms with Crippen LogP contribution in [0.3, 0.4) is 0 Å². The first-order valence-corrected chi connectivity index (χ1v) is 4.94. The van der Waals surface area contributed by atoms with Gasteiger partial charge in [-0.1, -0.05) is 0 Å². The fourth-order valence-electron chi connectivity index (χ4n) is 1.52. The zero-order valence-corrected chi connectivity index (χ0v) is 8.88. The predicted molar refractivity (Wildman–Crippen MR) is 58.4 cm³/mol. The highest BCUT2D eigenvalue weighted by Gasteiger charge is 2.35. The lowest BCUT2D eigenvalue weighted by atomic mass is 10.1. The molecule has 0 unspecified atom stereocenters. The number of benzene rings is 1. The molecule has 0 spiro atoms. The van der Waals surface area contributed by atoms with Crippen LogP contribution in [0, 0.1) is 5.82 Å². The third kappa shape index (κ3) is 2.42. The quantitative estimate of drug-likeness (QED) is 0.648. The number of fused-ring (bicyclic) bond motifs is 1. The topological polar surface area (TPSA) is 32.9 Å². The molecule has 2 nitrogen and oxygen atoms in total. The van der Waals surface area contributed by atoms with E-state index in [9.17, 15) is 22.4 Å². The Morgan fingerprint density at radius 2 is 2.00 bits per heavy atom. The average Bonchev–Trinajstić information content (AvgIpc) is 2.66. The molecule has 2 rings (SSSR count). The number of aromatic nitrogens is 1. The normalized spacial score (nSPS) is 12.4. The van der Waals surface area contributed by atoms with Gasteiger partial charge in [0.05, 0.1) is 0 Å². The van der Waals surface area contributed by atoms with Crippen LogP contribution >= 0.6 is 0 Å². The van der Waals surface area contributed by atoms with Crippen LogP contribution in [0.2, 0.25) is 0 Å². The minimum atomic E-state index is -4.88. The van der Waals surface area contributed by atoms with Crippen LogP contribution in [-0.2, 0) is 4.79 Å². The number of aromatic amines is 1. The van der Waals surface area contributed by atoms with Gasteiger partial charge >= 0.3 is 6.18 Å². The molecule has 1 N–H and O–H groups in total. The molecule has 0 bridgehead atoms. The Hall–Kier alpha value is -2.11. The largest absolute Gasteiger partial charge is 0.454 e. The standard InChI is InChI=1S/C12H7F4NO/c13-8-2-3-9-7(6-17-10(9)5-8)1-4-11(18)12(14,15)16/h1-6,17H/b4-1+. The first-order chi connectivity index (χ1) is 8.38. The Bertz CT molecular complexity index is 625. The molecule has 0 aliphatic heterocycles. The number of ketones is 1. The average molecular weight is 257 g/mol. The van der Waals surface area contributed by atoms with Crippen molar-refractivity contribution in [1.82, 2.24) is 4.98 Å². The number of nitrogens with one attached hydrogen (secondary N) is 1. The van der Waals surface area contributed by atoms with Crippen LogP contribution in [0.5, 0.6) is 0 Å². The highest BCUT2D eigenvalue weighted by atomic mass is 19.4. The number of H-pyrrole nitrogens is 1. The molecule has 6 heteroatoms. The van der Waals surface area contributed by atoms with Gasteiger partial charge in [0.2, 0.25) is 0 Å². The molecule has 0 aliphatic rings. The van der Waals surface area contributed by atoms with E-state index in [1.54, 1.807) is 0 Å². The van der Waals surface area contributed by atoms with Crippen LogP contribution in [0.25, 0.3) is 17.0 Å². The second kappa shape index (κ2) is 4.29. The van der Waals surface area contributed by atoms with E-state index in [1.807, 2.05) is 0 Å². The molecule has 0 saturated heterocycles. The van der Waals surface area contributed by atoms with Gasteiger partial charge < -0.3 is 4.98 Å².